The third-order valence-electron chi connectivity index (χ3n) is 6.95. The van der Waals surface area contributed by atoms with Gasteiger partial charge in [0.25, 0.3) is 11.8 Å². The highest BCUT2D eigenvalue weighted by molar-refractivity contribution is 7.22. The first-order valence-corrected chi connectivity index (χ1v) is 13.5. The van der Waals surface area contributed by atoms with Crippen LogP contribution in [0.15, 0.2) is 72.8 Å². The van der Waals surface area contributed by atoms with E-state index >= 15 is 0 Å². The third kappa shape index (κ3) is 5.04. The van der Waals surface area contributed by atoms with E-state index in [-0.39, 0.29) is 30.7 Å². The van der Waals surface area contributed by atoms with Gasteiger partial charge >= 0.3 is 0 Å². The van der Waals surface area contributed by atoms with Gasteiger partial charge in [0.05, 0.1) is 27.9 Å². The Bertz CT molecular complexity index is 1430. The van der Waals surface area contributed by atoms with Gasteiger partial charge < -0.3 is 0 Å². The highest BCUT2D eigenvalue weighted by atomic mass is 32.1. The number of thiazole rings is 1. The van der Waals surface area contributed by atoms with Gasteiger partial charge in [-0.05, 0) is 54.2 Å². The van der Waals surface area contributed by atoms with Crippen LogP contribution in [0.1, 0.15) is 70.9 Å². The zero-order chi connectivity index (χ0) is 25.9. The second-order valence-corrected chi connectivity index (χ2v) is 10.4. The summed E-state index contributed by atoms with van der Waals surface area (Å²) in [6, 6.07) is 23.0. The van der Waals surface area contributed by atoms with Crippen molar-refractivity contribution in [1.29, 1.82) is 0 Å². The highest BCUT2D eigenvalue weighted by Crippen LogP contribution is 2.33. The summed E-state index contributed by atoms with van der Waals surface area (Å²) in [4.78, 5) is 46.6. The maximum absolute atomic E-state index is 13.5. The molecule has 1 aliphatic rings. The largest absolute Gasteiger partial charge is 0.284 e. The molecule has 37 heavy (non-hydrogen) atoms. The van der Waals surface area contributed by atoms with Gasteiger partial charge in [-0.25, -0.2) is 4.98 Å². The molecule has 0 N–H and O–H groups in total. The summed E-state index contributed by atoms with van der Waals surface area (Å²) < 4.78 is 1.06. The van der Waals surface area contributed by atoms with Crippen molar-refractivity contribution in [2.24, 2.45) is 0 Å². The first-order chi connectivity index (χ1) is 18.0. The van der Waals surface area contributed by atoms with Crippen LogP contribution in [-0.4, -0.2) is 34.2 Å². The molecule has 4 aromatic rings. The van der Waals surface area contributed by atoms with Gasteiger partial charge in [0.2, 0.25) is 5.91 Å². The molecule has 2 heterocycles. The molecule has 0 saturated carbocycles. The topological polar surface area (TPSA) is 70.6 Å². The SMILES string of the molecule is CC[C@@H](C)c1ccc2nc(N(Cc3ccccc3)C(=O)CCCN3C(=O)c4ccccc4C3=O)sc2c1. The number of carbonyl (C=O) groups excluding carboxylic acids is 3. The smallest absolute Gasteiger partial charge is 0.261 e. The predicted molar refractivity (Wildman–Crippen MR) is 147 cm³/mol. The van der Waals surface area contributed by atoms with E-state index in [2.05, 4.69) is 26.0 Å². The molecule has 1 atom stereocenters. The number of carbonyl (C=O) groups is 3. The van der Waals surface area contributed by atoms with Crippen molar-refractivity contribution >= 4 is 44.4 Å². The zero-order valence-electron chi connectivity index (χ0n) is 21.0. The van der Waals surface area contributed by atoms with Crippen molar-refractivity contribution in [3.05, 3.63) is 95.1 Å². The minimum absolute atomic E-state index is 0.0818. The number of hydrogen-bond acceptors (Lipinski definition) is 5. The molecule has 0 fully saturated rings. The van der Waals surface area contributed by atoms with E-state index in [1.807, 2.05) is 36.4 Å². The van der Waals surface area contributed by atoms with Crippen LogP contribution >= 0.6 is 11.3 Å². The molecule has 0 bridgehead atoms. The van der Waals surface area contributed by atoms with E-state index in [4.69, 9.17) is 4.98 Å². The van der Waals surface area contributed by atoms with Crippen LogP contribution in [0.4, 0.5) is 5.13 Å². The summed E-state index contributed by atoms with van der Waals surface area (Å²) in [6.45, 7) is 5.00. The standard InChI is InChI=1S/C30H29N3O3S/c1-3-20(2)22-15-16-25-26(18-22)37-30(31-25)33(19-21-10-5-4-6-11-21)27(34)14-9-17-32-28(35)23-12-7-8-13-24(23)29(32)36/h4-8,10-13,15-16,18,20H,3,9,14,17,19H2,1-2H3/t20-/m1/s1. The minimum atomic E-state index is -0.294. The Balaban J connectivity index is 1.34. The molecule has 3 aromatic carbocycles. The van der Waals surface area contributed by atoms with Crippen LogP contribution in [-0.2, 0) is 11.3 Å². The maximum atomic E-state index is 13.5. The number of rotatable bonds is 9. The maximum Gasteiger partial charge on any atom is 0.261 e. The summed E-state index contributed by atoms with van der Waals surface area (Å²) in [5.41, 5.74) is 4.01. The molecular weight excluding hydrogens is 482 g/mol. The van der Waals surface area contributed by atoms with Crippen molar-refractivity contribution < 1.29 is 14.4 Å². The lowest BCUT2D eigenvalue weighted by molar-refractivity contribution is -0.118. The van der Waals surface area contributed by atoms with Gasteiger partial charge in [-0.1, -0.05) is 73.7 Å². The lowest BCUT2D eigenvalue weighted by atomic mass is 9.99. The molecular formula is C30H29N3O3S. The molecule has 1 aliphatic heterocycles. The second kappa shape index (κ2) is 10.6. The van der Waals surface area contributed by atoms with Crippen LogP contribution in [0, 0.1) is 0 Å². The van der Waals surface area contributed by atoms with Crippen LogP contribution in [0.2, 0.25) is 0 Å². The molecule has 188 valence electrons. The van der Waals surface area contributed by atoms with Crippen molar-refractivity contribution in [2.45, 2.75) is 45.6 Å². The monoisotopic (exact) mass is 511 g/mol. The van der Waals surface area contributed by atoms with Crippen molar-refractivity contribution in [3.63, 3.8) is 0 Å². The van der Waals surface area contributed by atoms with Crippen molar-refractivity contribution in [3.8, 4) is 0 Å². The summed E-state index contributed by atoms with van der Waals surface area (Å²) in [5, 5.41) is 0.658. The molecule has 7 heteroatoms. The molecule has 1 aromatic heterocycles. The Morgan fingerprint density at radius 1 is 0.973 bits per heavy atom. The van der Waals surface area contributed by atoms with Crippen molar-refractivity contribution in [2.75, 3.05) is 11.4 Å². The molecule has 0 unspecified atom stereocenters. The minimum Gasteiger partial charge on any atom is -0.284 e. The number of imide groups is 1. The fourth-order valence-corrected chi connectivity index (χ4v) is 5.61. The first kappa shape index (κ1) is 24.8. The molecule has 0 radical (unpaired) electrons. The molecule has 0 saturated heterocycles. The van der Waals surface area contributed by atoms with E-state index in [0.717, 1.165) is 22.2 Å². The summed E-state index contributed by atoms with van der Waals surface area (Å²) >= 11 is 1.52. The summed E-state index contributed by atoms with van der Waals surface area (Å²) in [6.07, 6.45) is 1.65. The lowest BCUT2D eigenvalue weighted by Crippen LogP contribution is -2.33. The third-order valence-corrected chi connectivity index (χ3v) is 7.99. The quantitative estimate of drug-likeness (QED) is 0.243. The Morgan fingerprint density at radius 3 is 2.32 bits per heavy atom. The molecule has 0 spiro atoms. The van der Waals surface area contributed by atoms with Crippen LogP contribution < -0.4 is 4.90 Å². The predicted octanol–water partition coefficient (Wildman–Crippen LogP) is 6.42. The van der Waals surface area contributed by atoms with Gasteiger partial charge in [-0.15, -0.1) is 0 Å². The Hall–Kier alpha value is -3.84. The van der Waals surface area contributed by atoms with Gasteiger partial charge in [0.1, 0.15) is 0 Å². The summed E-state index contributed by atoms with van der Waals surface area (Å²) in [5.74, 6) is -0.212. The highest BCUT2D eigenvalue weighted by Gasteiger charge is 2.34. The molecule has 3 amide bonds. The van der Waals surface area contributed by atoms with Crippen LogP contribution in [0.3, 0.4) is 0 Å². The Kier molecular flexibility index (Phi) is 7.15. The van der Waals surface area contributed by atoms with E-state index in [1.54, 1.807) is 29.2 Å². The first-order valence-electron chi connectivity index (χ1n) is 12.7. The van der Waals surface area contributed by atoms with E-state index in [9.17, 15) is 14.4 Å². The fourth-order valence-electron chi connectivity index (χ4n) is 4.58. The zero-order valence-corrected chi connectivity index (χ0v) is 21.8. The average molecular weight is 512 g/mol. The van der Waals surface area contributed by atoms with E-state index in [0.29, 0.717) is 35.1 Å². The van der Waals surface area contributed by atoms with Crippen molar-refractivity contribution in [1.82, 2.24) is 9.88 Å². The number of anilines is 1. The number of benzene rings is 3. The second-order valence-electron chi connectivity index (χ2n) is 9.41. The Morgan fingerprint density at radius 2 is 1.65 bits per heavy atom. The van der Waals surface area contributed by atoms with Crippen LogP contribution in [0.5, 0.6) is 0 Å². The lowest BCUT2D eigenvalue weighted by Gasteiger charge is -2.21. The van der Waals surface area contributed by atoms with E-state index in [1.165, 1.54) is 21.8 Å². The van der Waals surface area contributed by atoms with Gasteiger partial charge in [-0.3, -0.25) is 24.2 Å². The average Bonchev–Trinajstić information content (AvgIpc) is 3.46. The van der Waals surface area contributed by atoms with Crippen LogP contribution in [0.25, 0.3) is 10.2 Å². The number of hydrogen-bond donors (Lipinski definition) is 0. The normalized spacial score (nSPS) is 13.7. The summed E-state index contributed by atoms with van der Waals surface area (Å²) in [7, 11) is 0. The number of fused-ring (bicyclic) bond motifs is 2. The molecule has 5 rings (SSSR count). The fraction of sp³-hybridized carbons (Fsp3) is 0.267. The molecule has 0 aliphatic carbocycles. The van der Waals surface area contributed by atoms with Gasteiger partial charge in [-0.2, -0.15) is 0 Å². The van der Waals surface area contributed by atoms with E-state index < -0.39 is 0 Å². The molecule has 6 nitrogen and oxygen atoms in total. The van der Waals surface area contributed by atoms with Gasteiger partial charge in [0, 0.05) is 13.0 Å². The number of aromatic nitrogens is 1. The van der Waals surface area contributed by atoms with Gasteiger partial charge in [0.15, 0.2) is 5.13 Å². The number of nitrogens with zero attached hydrogens (tertiary/aromatic N) is 3. The number of amides is 3. The Labute approximate surface area is 220 Å².